The molecule has 0 fully saturated rings. The molecular weight excluding hydrogens is 404 g/mol. The molecule has 8 heteroatoms. The number of non-ortho nitro benzene ring substituents is 1. The SMILES string of the molecule is CCCCCCNC(=O)c1cc(-c2ccc([N+](=O)[O-])cc2)nn1-c1ccc(Cl)cc1. The maximum absolute atomic E-state index is 12.8. The van der Waals surface area contributed by atoms with Crippen LogP contribution >= 0.6 is 11.6 Å². The number of nitro benzene ring substituents is 1. The van der Waals surface area contributed by atoms with E-state index < -0.39 is 4.92 Å². The molecule has 3 aromatic rings. The Bertz CT molecular complexity index is 1010. The van der Waals surface area contributed by atoms with Gasteiger partial charge in [0.05, 0.1) is 16.3 Å². The number of amides is 1. The Morgan fingerprint density at radius 3 is 2.43 bits per heavy atom. The predicted octanol–water partition coefficient (Wildman–Crippen LogP) is 5.41. The molecule has 0 atom stereocenters. The van der Waals surface area contributed by atoms with Crippen molar-refractivity contribution in [2.24, 2.45) is 0 Å². The van der Waals surface area contributed by atoms with E-state index in [1.54, 1.807) is 47.1 Å². The number of rotatable bonds is 9. The van der Waals surface area contributed by atoms with Crippen LogP contribution in [0.15, 0.2) is 54.6 Å². The van der Waals surface area contributed by atoms with Crippen LogP contribution in [-0.4, -0.2) is 27.2 Å². The van der Waals surface area contributed by atoms with Crippen molar-refractivity contribution in [1.82, 2.24) is 15.1 Å². The minimum atomic E-state index is -0.451. The number of halogens is 1. The van der Waals surface area contributed by atoms with Crippen molar-refractivity contribution in [3.05, 3.63) is 75.4 Å². The van der Waals surface area contributed by atoms with E-state index >= 15 is 0 Å². The Morgan fingerprint density at radius 1 is 1.10 bits per heavy atom. The summed E-state index contributed by atoms with van der Waals surface area (Å²) in [5.74, 6) is -0.220. The van der Waals surface area contributed by atoms with Crippen LogP contribution in [0.25, 0.3) is 16.9 Å². The van der Waals surface area contributed by atoms with Gasteiger partial charge in [-0.3, -0.25) is 14.9 Å². The van der Waals surface area contributed by atoms with Crippen molar-refractivity contribution in [1.29, 1.82) is 0 Å². The number of aromatic nitrogens is 2. The molecule has 1 N–H and O–H groups in total. The Hall–Kier alpha value is -3.19. The zero-order valence-corrected chi connectivity index (χ0v) is 17.4. The standard InChI is InChI=1S/C22H23ClN4O3/c1-2-3-4-5-14-24-22(28)21-15-20(16-6-10-19(11-7-16)27(29)30)25-26(21)18-12-8-17(23)9-13-18/h6-13,15H,2-5,14H2,1H3,(H,24,28). The molecule has 0 unspecified atom stereocenters. The highest BCUT2D eigenvalue weighted by Gasteiger charge is 2.18. The summed E-state index contributed by atoms with van der Waals surface area (Å²) in [7, 11) is 0. The van der Waals surface area contributed by atoms with Gasteiger partial charge in [-0.05, 0) is 48.9 Å². The fraction of sp³-hybridized carbons (Fsp3) is 0.273. The van der Waals surface area contributed by atoms with Gasteiger partial charge in [-0.2, -0.15) is 5.10 Å². The molecule has 0 radical (unpaired) electrons. The highest BCUT2D eigenvalue weighted by molar-refractivity contribution is 6.30. The van der Waals surface area contributed by atoms with Gasteiger partial charge in [-0.25, -0.2) is 4.68 Å². The third-order valence-electron chi connectivity index (χ3n) is 4.70. The minimum Gasteiger partial charge on any atom is -0.351 e. The summed E-state index contributed by atoms with van der Waals surface area (Å²) in [6.07, 6.45) is 4.27. The smallest absolute Gasteiger partial charge is 0.270 e. The van der Waals surface area contributed by atoms with Gasteiger partial charge in [0.25, 0.3) is 11.6 Å². The first-order valence-corrected chi connectivity index (χ1v) is 10.3. The summed E-state index contributed by atoms with van der Waals surface area (Å²) in [4.78, 5) is 23.3. The number of hydrogen-bond donors (Lipinski definition) is 1. The number of nitro groups is 1. The molecule has 1 heterocycles. The van der Waals surface area contributed by atoms with Crippen molar-refractivity contribution >= 4 is 23.2 Å². The fourth-order valence-corrected chi connectivity index (χ4v) is 3.19. The summed E-state index contributed by atoms with van der Waals surface area (Å²) < 4.78 is 1.56. The van der Waals surface area contributed by atoms with E-state index in [0.29, 0.717) is 34.2 Å². The second-order valence-electron chi connectivity index (χ2n) is 6.92. The van der Waals surface area contributed by atoms with E-state index in [2.05, 4.69) is 17.3 Å². The van der Waals surface area contributed by atoms with Gasteiger partial charge >= 0.3 is 0 Å². The van der Waals surface area contributed by atoms with Crippen LogP contribution in [0.3, 0.4) is 0 Å². The first kappa shape index (κ1) is 21.5. The Kier molecular flexibility index (Phi) is 7.19. The van der Waals surface area contributed by atoms with Crippen LogP contribution in [0.1, 0.15) is 43.1 Å². The molecule has 1 amide bonds. The molecule has 1 aromatic heterocycles. The van der Waals surface area contributed by atoms with Gasteiger partial charge in [0, 0.05) is 29.3 Å². The third kappa shape index (κ3) is 5.24. The summed E-state index contributed by atoms with van der Waals surface area (Å²) in [6, 6.07) is 14.8. The van der Waals surface area contributed by atoms with Crippen LogP contribution in [0.5, 0.6) is 0 Å². The Balaban J connectivity index is 1.90. The van der Waals surface area contributed by atoms with E-state index in [0.717, 1.165) is 25.7 Å². The molecule has 0 aliphatic heterocycles. The first-order chi connectivity index (χ1) is 14.5. The van der Waals surface area contributed by atoms with E-state index in [4.69, 9.17) is 11.6 Å². The lowest BCUT2D eigenvalue weighted by molar-refractivity contribution is -0.384. The maximum atomic E-state index is 12.8. The predicted molar refractivity (Wildman–Crippen MR) is 117 cm³/mol. The third-order valence-corrected chi connectivity index (χ3v) is 4.95. The van der Waals surface area contributed by atoms with Crippen LogP contribution in [0, 0.1) is 10.1 Å². The average molecular weight is 427 g/mol. The zero-order chi connectivity index (χ0) is 21.5. The number of nitrogens with one attached hydrogen (secondary N) is 1. The highest BCUT2D eigenvalue weighted by atomic mass is 35.5. The quantitative estimate of drug-likeness (QED) is 0.281. The summed E-state index contributed by atoms with van der Waals surface area (Å²) >= 11 is 5.99. The van der Waals surface area contributed by atoms with Crippen LogP contribution < -0.4 is 5.32 Å². The summed E-state index contributed by atoms with van der Waals surface area (Å²) in [5.41, 5.74) is 2.33. The largest absolute Gasteiger partial charge is 0.351 e. The topological polar surface area (TPSA) is 90.1 Å². The van der Waals surface area contributed by atoms with E-state index in [1.807, 2.05) is 0 Å². The first-order valence-electron chi connectivity index (χ1n) is 9.88. The fourth-order valence-electron chi connectivity index (χ4n) is 3.06. The van der Waals surface area contributed by atoms with Crippen molar-refractivity contribution in [2.45, 2.75) is 32.6 Å². The number of carbonyl (C=O) groups excluding carboxylic acids is 1. The molecule has 7 nitrogen and oxygen atoms in total. The van der Waals surface area contributed by atoms with Gasteiger partial charge in [0.1, 0.15) is 5.69 Å². The molecule has 2 aromatic carbocycles. The second-order valence-corrected chi connectivity index (χ2v) is 7.36. The number of nitrogens with zero attached hydrogens (tertiary/aromatic N) is 3. The van der Waals surface area contributed by atoms with Gasteiger partial charge in [-0.15, -0.1) is 0 Å². The van der Waals surface area contributed by atoms with E-state index in [1.165, 1.54) is 12.1 Å². The van der Waals surface area contributed by atoms with Gasteiger partial charge < -0.3 is 5.32 Å². The van der Waals surface area contributed by atoms with Crippen molar-refractivity contribution < 1.29 is 9.72 Å². The molecule has 0 spiro atoms. The zero-order valence-electron chi connectivity index (χ0n) is 16.7. The number of carbonyl (C=O) groups is 1. The number of benzene rings is 2. The number of unbranched alkanes of at least 4 members (excludes halogenated alkanes) is 3. The van der Waals surface area contributed by atoms with Crippen molar-refractivity contribution in [3.63, 3.8) is 0 Å². The normalized spacial score (nSPS) is 10.7. The maximum Gasteiger partial charge on any atom is 0.270 e. The number of hydrogen-bond acceptors (Lipinski definition) is 4. The highest BCUT2D eigenvalue weighted by Crippen LogP contribution is 2.24. The molecule has 0 bridgehead atoms. The molecule has 0 aliphatic rings. The second kappa shape index (κ2) is 10.0. The van der Waals surface area contributed by atoms with Crippen LogP contribution in [0.2, 0.25) is 5.02 Å². The summed E-state index contributed by atoms with van der Waals surface area (Å²) in [6.45, 7) is 2.74. The van der Waals surface area contributed by atoms with Gasteiger partial charge in [0.15, 0.2) is 0 Å². The van der Waals surface area contributed by atoms with Crippen LogP contribution in [-0.2, 0) is 0 Å². The Labute approximate surface area is 179 Å². The Morgan fingerprint density at radius 2 is 1.80 bits per heavy atom. The molecule has 156 valence electrons. The minimum absolute atomic E-state index is 0.000861. The lowest BCUT2D eigenvalue weighted by Gasteiger charge is -2.08. The molecule has 3 rings (SSSR count). The molecular formula is C22H23ClN4O3. The molecule has 0 saturated carbocycles. The molecule has 0 saturated heterocycles. The lowest BCUT2D eigenvalue weighted by Crippen LogP contribution is -2.26. The van der Waals surface area contributed by atoms with E-state index in [9.17, 15) is 14.9 Å². The van der Waals surface area contributed by atoms with Crippen LogP contribution in [0.4, 0.5) is 5.69 Å². The average Bonchev–Trinajstić information content (AvgIpc) is 3.19. The monoisotopic (exact) mass is 426 g/mol. The van der Waals surface area contributed by atoms with Gasteiger partial charge in [-0.1, -0.05) is 37.8 Å². The van der Waals surface area contributed by atoms with Crippen molar-refractivity contribution in [2.75, 3.05) is 6.54 Å². The molecule has 30 heavy (non-hydrogen) atoms. The van der Waals surface area contributed by atoms with Crippen molar-refractivity contribution in [3.8, 4) is 16.9 Å². The summed E-state index contributed by atoms with van der Waals surface area (Å²) in [5, 5.41) is 19.0. The van der Waals surface area contributed by atoms with E-state index in [-0.39, 0.29) is 11.6 Å². The van der Waals surface area contributed by atoms with Gasteiger partial charge in [0.2, 0.25) is 0 Å². The lowest BCUT2D eigenvalue weighted by atomic mass is 10.1. The molecule has 0 aliphatic carbocycles.